The van der Waals surface area contributed by atoms with E-state index in [-0.39, 0.29) is 28.9 Å². The quantitative estimate of drug-likeness (QED) is 0.473. The van der Waals surface area contributed by atoms with E-state index in [1.807, 2.05) is 13.8 Å². The van der Waals surface area contributed by atoms with E-state index in [9.17, 15) is 14.7 Å². The summed E-state index contributed by atoms with van der Waals surface area (Å²) in [5, 5.41) is 14.6. The van der Waals surface area contributed by atoms with Crippen LogP contribution in [0.25, 0.3) is 0 Å². The molecule has 1 aromatic carbocycles. The molecule has 6 nitrogen and oxygen atoms in total. The minimum absolute atomic E-state index is 0.00214. The lowest BCUT2D eigenvalue weighted by Crippen LogP contribution is -2.46. The van der Waals surface area contributed by atoms with Gasteiger partial charge in [-0.3, -0.25) is 9.59 Å². The minimum atomic E-state index is -0.684. The number of nitrogen functional groups attached to an aromatic ring is 1. The molecule has 0 aliphatic rings. The monoisotopic (exact) mass is 265 g/mol. The molecule has 1 unspecified atom stereocenters. The van der Waals surface area contributed by atoms with Gasteiger partial charge in [-0.05, 0) is 39.0 Å². The molecule has 0 aliphatic carbocycles. The fourth-order valence-corrected chi connectivity index (χ4v) is 1.49. The number of carbonyl (C=O) groups is 2. The van der Waals surface area contributed by atoms with Crippen LogP contribution in [0.1, 0.15) is 31.1 Å². The summed E-state index contributed by atoms with van der Waals surface area (Å²) in [4.78, 5) is 23.6. The third-order valence-corrected chi connectivity index (χ3v) is 2.45. The van der Waals surface area contributed by atoms with Crippen LogP contribution in [-0.2, 0) is 4.79 Å². The highest BCUT2D eigenvalue weighted by Crippen LogP contribution is 2.18. The molecule has 0 bridgehead atoms. The molecule has 0 radical (unpaired) electrons. The van der Waals surface area contributed by atoms with Crippen LogP contribution in [0.5, 0.6) is 5.75 Å². The second-order valence-corrected chi connectivity index (χ2v) is 4.63. The van der Waals surface area contributed by atoms with Crippen molar-refractivity contribution in [2.24, 2.45) is 0 Å². The zero-order valence-electron chi connectivity index (χ0n) is 11.2. The van der Waals surface area contributed by atoms with Crippen LogP contribution in [0.4, 0.5) is 5.69 Å². The first-order chi connectivity index (χ1) is 8.81. The molecule has 1 aromatic rings. The van der Waals surface area contributed by atoms with E-state index in [0.29, 0.717) is 0 Å². The Balaban J connectivity index is 2.74. The summed E-state index contributed by atoms with van der Waals surface area (Å²) in [6.07, 6.45) is 0. The fourth-order valence-electron chi connectivity index (χ4n) is 1.49. The number of hydrogen-bond donors (Lipinski definition) is 4. The molecule has 19 heavy (non-hydrogen) atoms. The van der Waals surface area contributed by atoms with Gasteiger partial charge < -0.3 is 21.5 Å². The summed E-state index contributed by atoms with van der Waals surface area (Å²) < 4.78 is 0. The number of nitrogens with two attached hydrogens (primary N) is 1. The van der Waals surface area contributed by atoms with Crippen molar-refractivity contribution in [1.82, 2.24) is 10.6 Å². The van der Waals surface area contributed by atoms with Crippen LogP contribution >= 0.6 is 0 Å². The van der Waals surface area contributed by atoms with Crippen molar-refractivity contribution in [3.8, 4) is 5.75 Å². The molecule has 1 rings (SSSR count). The second-order valence-electron chi connectivity index (χ2n) is 4.63. The molecule has 104 valence electrons. The Kier molecular flexibility index (Phi) is 4.74. The van der Waals surface area contributed by atoms with Gasteiger partial charge in [0.2, 0.25) is 5.91 Å². The fraction of sp³-hybridized carbons (Fsp3) is 0.385. The number of phenols is 1. The average Bonchev–Trinajstić information content (AvgIpc) is 2.31. The van der Waals surface area contributed by atoms with E-state index in [1.165, 1.54) is 18.2 Å². The highest BCUT2D eigenvalue weighted by atomic mass is 16.3. The van der Waals surface area contributed by atoms with Gasteiger partial charge in [0.05, 0.1) is 5.56 Å². The van der Waals surface area contributed by atoms with Crippen molar-refractivity contribution in [3.63, 3.8) is 0 Å². The van der Waals surface area contributed by atoms with E-state index in [4.69, 9.17) is 5.73 Å². The third-order valence-electron chi connectivity index (χ3n) is 2.45. The van der Waals surface area contributed by atoms with Crippen molar-refractivity contribution >= 4 is 17.5 Å². The van der Waals surface area contributed by atoms with Gasteiger partial charge in [0.25, 0.3) is 5.91 Å². The van der Waals surface area contributed by atoms with Gasteiger partial charge in [0, 0.05) is 11.7 Å². The molecule has 0 saturated heterocycles. The van der Waals surface area contributed by atoms with Crippen LogP contribution in [0.2, 0.25) is 0 Å². The number of benzene rings is 1. The average molecular weight is 265 g/mol. The number of phenolic OH excluding ortho intramolecular Hbond substituents is 1. The molecule has 5 N–H and O–H groups in total. The topological polar surface area (TPSA) is 104 Å². The molecule has 0 aromatic heterocycles. The molecule has 2 amide bonds. The first-order valence-corrected chi connectivity index (χ1v) is 6.01. The molecule has 0 aliphatic heterocycles. The van der Waals surface area contributed by atoms with E-state index in [2.05, 4.69) is 10.6 Å². The number of anilines is 1. The number of carbonyl (C=O) groups excluding carboxylic acids is 2. The number of nitrogens with one attached hydrogen (secondary N) is 2. The zero-order valence-corrected chi connectivity index (χ0v) is 11.2. The Labute approximate surface area is 112 Å². The molecular weight excluding hydrogens is 246 g/mol. The molecule has 0 heterocycles. The lowest BCUT2D eigenvalue weighted by molar-refractivity contribution is -0.123. The standard InChI is InChI=1S/C13H19N3O3/c1-7(2)15-12(18)8(3)16-13(19)10-6-9(17)4-5-11(10)14/h4-8,17H,14H2,1-3H3,(H,15,18)(H,16,19). The van der Waals surface area contributed by atoms with Gasteiger partial charge in [0.15, 0.2) is 0 Å². The summed E-state index contributed by atoms with van der Waals surface area (Å²) in [7, 11) is 0. The van der Waals surface area contributed by atoms with Crippen LogP contribution in [-0.4, -0.2) is 29.0 Å². The van der Waals surface area contributed by atoms with Crippen molar-refractivity contribution in [3.05, 3.63) is 23.8 Å². The second kappa shape index (κ2) is 6.08. The first kappa shape index (κ1) is 14.8. The van der Waals surface area contributed by atoms with Crippen molar-refractivity contribution < 1.29 is 14.7 Å². The first-order valence-electron chi connectivity index (χ1n) is 6.01. The zero-order chi connectivity index (χ0) is 14.6. The van der Waals surface area contributed by atoms with Gasteiger partial charge in [-0.2, -0.15) is 0 Å². The van der Waals surface area contributed by atoms with Crippen LogP contribution in [0, 0.1) is 0 Å². The Morgan fingerprint density at radius 1 is 1.21 bits per heavy atom. The molecule has 1 atom stereocenters. The summed E-state index contributed by atoms with van der Waals surface area (Å²) in [5.41, 5.74) is 6.04. The normalized spacial score (nSPS) is 12.0. The molecule has 0 saturated carbocycles. The third kappa shape index (κ3) is 4.17. The maximum Gasteiger partial charge on any atom is 0.254 e. The predicted molar refractivity (Wildman–Crippen MR) is 72.7 cm³/mol. The van der Waals surface area contributed by atoms with Gasteiger partial charge in [-0.15, -0.1) is 0 Å². The van der Waals surface area contributed by atoms with E-state index < -0.39 is 11.9 Å². The van der Waals surface area contributed by atoms with Gasteiger partial charge in [-0.25, -0.2) is 0 Å². The maximum absolute atomic E-state index is 11.9. The SMILES string of the molecule is CC(C)NC(=O)C(C)NC(=O)c1cc(O)ccc1N. The summed E-state index contributed by atoms with van der Waals surface area (Å²) in [6, 6.07) is 3.40. The van der Waals surface area contributed by atoms with Gasteiger partial charge in [-0.1, -0.05) is 0 Å². The molecular formula is C13H19N3O3. The van der Waals surface area contributed by atoms with Crippen LogP contribution < -0.4 is 16.4 Å². The lowest BCUT2D eigenvalue weighted by atomic mass is 10.1. The minimum Gasteiger partial charge on any atom is -0.508 e. The Bertz CT molecular complexity index is 486. The number of amides is 2. The predicted octanol–water partition coefficient (Wildman–Crippen LogP) is 0.617. The van der Waals surface area contributed by atoms with Crippen molar-refractivity contribution in [1.29, 1.82) is 0 Å². The van der Waals surface area contributed by atoms with Crippen LogP contribution in [0.15, 0.2) is 18.2 Å². The summed E-state index contributed by atoms with van der Waals surface area (Å²) >= 11 is 0. The van der Waals surface area contributed by atoms with E-state index >= 15 is 0 Å². The van der Waals surface area contributed by atoms with Crippen molar-refractivity contribution in [2.75, 3.05) is 5.73 Å². The smallest absolute Gasteiger partial charge is 0.254 e. The molecule has 0 fully saturated rings. The van der Waals surface area contributed by atoms with Crippen molar-refractivity contribution in [2.45, 2.75) is 32.9 Å². The Morgan fingerprint density at radius 3 is 2.42 bits per heavy atom. The Morgan fingerprint density at radius 2 is 1.84 bits per heavy atom. The lowest BCUT2D eigenvalue weighted by Gasteiger charge is -2.16. The largest absolute Gasteiger partial charge is 0.508 e. The van der Waals surface area contributed by atoms with Gasteiger partial charge >= 0.3 is 0 Å². The van der Waals surface area contributed by atoms with Crippen LogP contribution in [0.3, 0.4) is 0 Å². The summed E-state index contributed by atoms with van der Waals surface area (Å²) in [6.45, 7) is 5.24. The number of hydrogen-bond acceptors (Lipinski definition) is 4. The number of rotatable bonds is 4. The molecule has 0 spiro atoms. The van der Waals surface area contributed by atoms with E-state index in [0.717, 1.165) is 0 Å². The highest BCUT2D eigenvalue weighted by Gasteiger charge is 2.18. The van der Waals surface area contributed by atoms with E-state index in [1.54, 1.807) is 6.92 Å². The number of aromatic hydroxyl groups is 1. The maximum atomic E-state index is 11.9. The van der Waals surface area contributed by atoms with Gasteiger partial charge in [0.1, 0.15) is 11.8 Å². The molecule has 6 heteroatoms. The Hall–Kier alpha value is -2.24. The highest BCUT2D eigenvalue weighted by molar-refractivity contribution is 6.01. The summed E-state index contributed by atoms with van der Waals surface area (Å²) in [5.74, 6) is -0.833.